The molecule has 40 heavy (non-hydrogen) atoms. The molecule has 8 nitrogen and oxygen atoms in total. The van der Waals surface area contributed by atoms with E-state index in [0.29, 0.717) is 42.6 Å². The van der Waals surface area contributed by atoms with Crippen LogP contribution in [-0.2, 0) is 20.7 Å². The number of rotatable bonds is 10. The maximum atomic E-state index is 13.8. The van der Waals surface area contributed by atoms with Gasteiger partial charge < -0.3 is 25.6 Å². The molecule has 3 fully saturated rings. The van der Waals surface area contributed by atoms with E-state index in [-0.39, 0.29) is 17.7 Å². The van der Waals surface area contributed by atoms with E-state index in [1.165, 1.54) is 11.3 Å². The average Bonchev–Trinajstić information content (AvgIpc) is 3.71. The van der Waals surface area contributed by atoms with Crippen molar-refractivity contribution in [3.05, 3.63) is 58.3 Å². The molecule has 3 amide bonds. The highest BCUT2D eigenvalue weighted by atomic mass is 32.1. The number of thiophene rings is 1. The molecule has 2 aromatic rings. The third-order valence-electron chi connectivity index (χ3n) is 8.82. The molecule has 0 unspecified atom stereocenters. The molecule has 3 aliphatic rings. The lowest BCUT2D eigenvalue weighted by atomic mass is 9.93. The molecular formula is C31H42N4O4S. The number of carbonyl (C=O) groups excluding carboxylic acids is 3. The second-order valence-corrected chi connectivity index (χ2v) is 12.5. The van der Waals surface area contributed by atoms with Crippen molar-refractivity contribution in [3.63, 3.8) is 0 Å². The summed E-state index contributed by atoms with van der Waals surface area (Å²) in [7, 11) is 0. The van der Waals surface area contributed by atoms with Gasteiger partial charge in [-0.15, -0.1) is 11.3 Å². The van der Waals surface area contributed by atoms with Crippen molar-refractivity contribution in [1.29, 1.82) is 0 Å². The van der Waals surface area contributed by atoms with Gasteiger partial charge in [-0.3, -0.25) is 14.4 Å². The summed E-state index contributed by atoms with van der Waals surface area (Å²) < 4.78 is 5.52. The molecule has 1 aromatic heterocycles. The Morgan fingerprint density at radius 2 is 1.70 bits per heavy atom. The normalized spacial score (nSPS) is 21.0. The third-order valence-corrected chi connectivity index (χ3v) is 9.68. The zero-order valence-corrected chi connectivity index (χ0v) is 24.1. The summed E-state index contributed by atoms with van der Waals surface area (Å²) >= 11 is 1.36. The number of hydrogen-bond acceptors (Lipinski definition) is 6. The molecule has 1 aliphatic carbocycles. The first-order valence-corrected chi connectivity index (χ1v) is 15.7. The molecule has 0 radical (unpaired) electrons. The van der Waals surface area contributed by atoms with E-state index in [9.17, 15) is 14.4 Å². The highest BCUT2D eigenvalue weighted by molar-refractivity contribution is 7.12. The highest BCUT2D eigenvalue weighted by Crippen LogP contribution is 2.31. The lowest BCUT2D eigenvalue weighted by molar-refractivity contribution is -0.132. The van der Waals surface area contributed by atoms with Crippen LogP contribution in [0.3, 0.4) is 0 Å². The van der Waals surface area contributed by atoms with Crippen molar-refractivity contribution in [2.75, 3.05) is 32.8 Å². The molecule has 2 aliphatic heterocycles. The Kier molecular flexibility index (Phi) is 9.88. The highest BCUT2D eigenvalue weighted by Gasteiger charge is 2.44. The van der Waals surface area contributed by atoms with E-state index in [4.69, 9.17) is 4.74 Å². The first-order chi connectivity index (χ1) is 19.5. The quantitative estimate of drug-likeness (QED) is 0.409. The number of piperidine rings is 1. The minimum absolute atomic E-state index is 0.165. The first-order valence-electron chi connectivity index (χ1n) is 14.8. The molecule has 9 heteroatoms. The molecule has 3 heterocycles. The van der Waals surface area contributed by atoms with Gasteiger partial charge >= 0.3 is 0 Å². The number of ether oxygens (including phenoxy) is 1. The van der Waals surface area contributed by atoms with Crippen LogP contribution < -0.4 is 16.0 Å². The maximum absolute atomic E-state index is 13.8. The second kappa shape index (κ2) is 13.7. The van der Waals surface area contributed by atoms with Crippen LogP contribution in [0.4, 0.5) is 0 Å². The van der Waals surface area contributed by atoms with Gasteiger partial charge in [0.25, 0.3) is 5.91 Å². The van der Waals surface area contributed by atoms with Crippen LogP contribution in [0.5, 0.6) is 0 Å². The Hall–Kier alpha value is -2.75. The van der Waals surface area contributed by atoms with E-state index in [2.05, 4.69) is 20.9 Å². The van der Waals surface area contributed by atoms with Crippen LogP contribution in [0.15, 0.2) is 47.8 Å². The van der Waals surface area contributed by atoms with Crippen molar-refractivity contribution in [1.82, 2.24) is 20.9 Å². The summed E-state index contributed by atoms with van der Waals surface area (Å²) in [5, 5.41) is 11.1. The number of amides is 3. The molecular weight excluding hydrogens is 524 g/mol. The van der Waals surface area contributed by atoms with Gasteiger partial charge in [0.2, 0.25) is 11.8 Å². The van der Waals surface area contributed by atoms with Crippen molar-refractivity contribution in [2.45, 2.75) is 75.4 Å². The molecule has 216 valence electrons. The number of nitrogens with zero attached hydrogens (tertiary/aromatic N) is 1. The Morgan fingerprint density at radius 3 is 2.38 bits per heavy atom. The standard InChI is InChI=1S/C31H42N4O4S/c36-28(32-22-24-10-16-35(17-11-24)25-12-18-39-19-13-25)26(21-23-7-2-1-3-8-23)33-30(38)31(14-4-5-15-31)34-29(37)27-9-6-20-40-27/h1-3,6-9,20,24-26H,4-5,10-19,21-22H2,(H,32,36)(H,33,38)(H,34,37)/t26-/m1/s1. The molecule has 2 saturated heterocycles. The summed E-state index contributed by atoms with van der Waals surface area (Å²) in [4.78, 5) is 43.4. The van der Waals surface area contributed by atoms with Gasteiger partial charge in [0.1, 0.15) is 11.6 Å². The summed E-state index contributed by atoms with van der Waals surface area (Å²) in [5.41, 5.74) is -0.0105. The fourth-order valence-corrected chi connectivity index (χ4v) is 6.99. The van der Waals surface area contributed by atoms with Crippen molar-refractivity contribution in [3.8, 4) is 0 Å². The van der Waals surface area contributed by atoms with Gasteiger partial charge in [-0.1, -0.05) is 49.2 Å². The summed E-state index contributed by atoms with van der Waals surface area (Å²) in [6, 6.07) is 13.3. The summed E-state index contributed by atoms with van der Waals surface area (Å²) in [5.74, 6) is -0.236. The fraction of sp³-hybridized carbons (Fsp3) is 0.581. The van der Waals surface area contributed by atoms with E-state index in [0.717, 1.165) is 70.4 Å². The molecule has 5 rings (SSSR count). The zero-order chi connectivity index (χ0) is 27.8. The van der Waals surface area contributed by atoms with Crippen LogP contribution >= 0.6 is 11.3 Å². The third kappa shape index (κ3) is 7.30. The molecule has 1 atom stereocenters. The van der Waals surface area contributed by atoms with Crippen LogP contribution in [-0.4, -0.2) is 73.1 Å². The van der Waals surface area contributed by atoms with Gasteiger partial charge in [0.15, 0.2) is 0 Å². The van der Waals surface area contributed by atoms with E-state index in [1.807, 2.05) is 41.8 Å². The van der Waals surface area contributed by atoms with Gasteiger partial charge in [-0.2, -0.15) is 0 Å². The predicted octanol–water partition coefficient (Wildman–Crippen LogP) is 3.53. The molecule has 0 bridgehead atoms. The monoisotopic (exact) mass is 566 g/mol. The van der Waals surface area contributed by atoms with E-state index < -0.39 is 11.6 Å². The lowest BCUT2D eigenvalue weighted by Crippen LogP contribution is -2.61. The Bertz CT molecular complexity index is 1110. The Morgan fingerprint density at radius 1 is 0.975 bits per heavy atom. The Labute approximate surface area is 241 Å². The number of benzene rings is 1. The predicted molar refractivity (Wildman–Crippen MR) is 156 cm³/mol. The van der Waals surface area contributed by atoms with Crippen LogP contribution in [0.2, 0.25) is 0 Å². The topological polar surface area (TPSA) is 99.8 Å². The fourth-order valence-electron chi connectivity index (χ4n) is 6.37. The van der Waals surface area contributed by atoms with Crippen LogP contribution in [0.1, 0.15) is 66.6 Å². The number of likely N-dealkylation sites (tertiary alicyclic amines) is 1. The van der Waals surface area contributed by atoms with Gasteiger partial charge in [-0.05, 0) is 74.5 Å². The minimum Gasteiger partial charge on any atom is -0.381 e. The van der Waals surface area contributed by atoms with E-state index in [1.54, 1.807) is 6.07 Å². The smallest absolute Gasteiger partial charge is 0.262 e. The SMILES string of the molecule is O=C(NC1(C(=O)N[C@H](Cc2ccccc2)C(=O)NCC2CCN(C3CCOCC3)CC2)CCCC1)c1cccs1. The largest absolute Gasteiger partial charge is 0.381 e. The molecule has 0 spiro atoms. The van der Waals surface area contributed by atoms with Crippen molar-refractivity contribution >= 4 is 29.1 Å². The Balaban J connectivity index is 1.20. The van der Waals surface area contributed by atoms with Gasteiger partial charge in [-0.25, -0.2) is 0 Å². The zero-order valence-electron chi connectivity index (χ0n) is 23.2. The lowest BCUT2D eigenvalue weighted by Gasteiger charge is -2.39. The van der Waals surface area contributed by atoms with Crippen LogP contribution in [0.25, 0.3) is 0 Å². The first kappa shape index (κ1) is 28.8. The maximum Gasteiger partial charge on any atom is 0.262 e. The minimum atomic E-state index is -0.993. The van der Waals surface area contributed by atoms with Crippen molar-refractivity contribution < 1.29 is 19.1 Å². The van der Waals surface area contributed by atoms with Crippen LogP contribution in [0, 0.1) is 5.92 Å². The molecule has 3 N–H and O–H groups in total. The molecule has 1 saturated carbocycles. The van der Waals surface area contributed by atoms with Gasteiger partial charge in [0, 0.05) is 32.2 Å². The number of nitrogens with one attached hydrogen (secondary N) is 3. The summed E-state index contributed by atoms with van der Waals surface area (Å²) in [6.45, 7) is 4.44. The van der Waals surface area contributed by atoms with Crippen molar-refractivity contribution in [2.24, 2.45) is 5.92 Å². The van der Waals surface area contributed by atoms with Gasteiger partial charge in [0.05, 0.1) is 4.88 Å². The summed E-state index contributed by atoms with van der Waals surface area (Å²) in [6.07, 6.45) is 7.60. The molecule has 1 aromatic carbocycles. The average molecular weight is 567 g/mol. The second-order valence-electron chi connectivity index (χ2n) is 11.5. The van der Waals surface area contributed by atoms with E-state index >= 15 is 0 Å². The number of hydrogen-bond donors (Lipinski definition) is 3. The number of carbonyl (C=O) groups is 3.